The van der Waals surface area contributed by atoms with Gasteiger partial charge < -0.3 is 10.6 Å². The standard InChI is InChI=1S/C16H16ClFN2O/c1-11-9-13(17)5-6-15(11)20-16(21)19-8-7-12-3-2-4-14(18)10-12/h2-6,9-10H,7-8H2,1H3,(H2,19,20,21). The maximum Gasteiger partial charge on any atom is 0.319 e. The van der Waals surface area contributed by atoms with E-state index in [0.717, 1.165) is 11.1 Å². The van der Waals surface area contributed by atoms with Gasteiger partial charge in [-0.3, -0.25) is 0 Å². The van der Waals surface area contributed by atoms with Crippen LogP contribution in [0.1, 0.15) is 11.1 Å². The molecule has 2 N–H and O–H groups in total. The van der Waals surface area contributed by atoms with Gasteiger partial charge >= 0.3 is 6.03 Å². The van der Waals surface area contributed by atoms with E-state index in [0.29, 0.717) is 23.7 Å². The number of halogens is 2. The van der Waals surface area contributed by atoms with E-state index in [2.05, 4.69) is 10.6 Å². The van der Waals surface area contributed by atoms with E-state index in [-0.39, 0.29) is 11.8 Å². The third kappa shape index (κ3) is 4.76. The van der Waals surface area contributed by atoms with E-state index in [1.165, 1.54) is 12.1 Å². The Morgan fingerprint density at radius 1 is 1.24 bits per heavy atom. The SMILES string of the molecule is Cc1cc(Cl)ccc1NC(=O)NCCc1cccc(F)c1. The van der Waals surface area contributed by atoms with Crippen LogP contribution in [0.25, 0.3) is 0 Å². The number of hydrogen-bond donors (Lipinski definition) is 2. The highest BCUT2D eigenvalue weighted by Gasteiger charge is 2.04. The number of carbonyl (C=O) groups excluding carboxylic acids is 1. The number of urea groups is 1. The van der Waals surface area contributed by atoms with Crippen molar-refractivity contribution >= 4 is 23.3 Å². The van der Waals surface area contributed by atoms with E-state index in [9.17, 15) is 9.18 Å². The average molecular weight is 307 g/mol. The molecule has 2 rings (SSSR count). The molecule has 0 unspecified atom stereocenters. The molecule has 0 heterocycles. The fraction of sp³-hybridized carbons (Fsp3) is 0.188. The van der Waals surface area contributed by atoms with E-state index in [1.54, 1.807) is 24.3 Å². The number of nitrogens with one attached hydrogen (secondary N) is 2. The van der Waals surface area contributed by atoms with Crippen LogP contribution >= 0.6 is 11.6 Å². The quantitative estimate of drug-likeness (QED) is 0.875. The molecule has 0 aliphatic rings. The Balaban J connectivity index is 1.82. The van der Waals surface area contributed by atoms with Gasteiger partial charge in [0.25, 0.3) is 0 Å². The first-order valence-corrected chi connectivity index (χ1v) is 6.98. The van der Waals surface area contributed by atoms with Gasteiger partial charge in [0.2, 0.25) is 0 Å². The van der Waals surface area contributed by atoms with Crippen LogP contribution in [0.5, 0.6) is 0 Å². The van der Waals surface area contributed by atoms with Gasteiger partial charge in [0.15, 0.2) is 0 Å². The summed E-state index contributed by atoms with van der Waals surface area (Å²) >= 11 is 5.86. The van der Waals surface area contributed by atoms with Crippen molar-refractivity contribution in [3.63, 3.8) is 0 Å². The van der Waals surface area contributed by atoms with Crippen LogP contribution in [0, 0.1) is 12.7 Å². The molecule has 0 fully saturated rings. The number of rotatable bonds is 4. The Morgan fingerprint density at radius 2 is 2.05 bits per heavy atom. The Hall–Kier alpha value is -2.07. The molecule has 0 spiro atoms. The van der Waals surface area contributed by atoms with Crippen molar-refractivity contribution < 1.29 is 9.18 Å². The lowest BCUT2D eigenvalue weighted by atomic mass is 10.1. The molecule has 0 aliphatic carbocycles. The lowest BCUT2D eigenvalue weighted by molar-refractivity contribution is 0.252. The third-order valence-electron chi connectivity index (χ3n) is 3.02. The summed E-state index contributed by atoms with van der Waals surface area (Å²) in [6, 6.07) is 11.3. The largest absolute Gasteiger partial charge is 0.338 e. The van der Waals surface area contributed by atoms with Crippen LogP contribution in [-0.4, -0.2) is 12.6 Å². The fourth-order valence-electron chi connectivity index (χ4n) is 1.95. The molecule has 0 aliphatic heterocycles. The Morgan fingerprint density at radius 3 is 2.76 bits per heavy atom. The first kappa shape index (κ1) is 15.3. The Kier molecular flexibility index (Phi) is 5.17. The summed E-state index contributed by atoms with van der Waals surface area (Å²) in [6.45, 7) is 2.30. The first-order valence-electron chi connectivity index (χ1n) is 6.60. The van der Waals surface area contributed by atoms with Crippen molar-refractivity contribution in [2.75, 3.05) is 11.9 Å². The summed E-state index contributed by atoms with van der Waals surface area (Å²) in [5.74, 6) is -0.270. The minimum atomic E-state index is -0.295. The van der Waals surface area contributed by atoms with Crippen LogP contribution in [0.2, 0.25) is 5.02 Å². The lowest BCUT2D eigenvalue weighted by Crippen LogP contribution is -2.30. The summed E-state index contributed by atoms with van der Waals surface area (Å²) < 4.78 is 13.0. The molecule has 21 heavy (non-hydrogen) atoms. The van der Waals surface area contributed by atoms with Crippen molar-refractivity contribution in [1.29, 1.82) is 0 Å². The van der Waals surface area contributed by atoms with Crippen molar-refractivity contribution in [2.45, 2.75) is 13.3 Å². The summed E-state index contributed by atoms with van der Waals surface area (Å²) in [5.41, 5.74) is 2.45. The van der Waals surface area contributed by atoms with Crippen LogP contribution in [0.4, 0.5) is 14.9 Å². The maximum atomic E-state index is 13.0. The molecule has 5 heteroatoms. The van der Waals surface area contributed by atoms with Crippen LogP contribution in [0.15, 0.2) is 42.5 Å². The van der Waals surface area contributed by atoms with Crippen LogP contribution in [-0.2, 0) is 6.42 Å². The second-order valence-electron chi connectivity index (χ2n) is 4.72. The molecule has 2 amide bonds. The Bertz CT molecular complexity index is 646. The van der Waals surface area contributed by atoms with Gasteiger partial charge in [0, 0.05) is 17.3 Å². The van der Waals surface area contributed by atoms with Crippen LogP contribution in [0.3, 0.4) is 0 Å². The topological polar surface area (TPSA) is 41.1 Å². The Labute approximate surface area is 128 Å². The second-order valence-corrected chi connectivity index (χ2v) is 5.16. The molecule has 0 bridgehead atoms. The van der Waals surface area contributed by atoms with E-state index < -0.39 is 0 Å². The molecule has 2 aromatic rings. The number of carbonyl (C=O) groups is 1. The average Bonchev–Trinajstić information content (AvgIpc) is 2.42. The highest BCUT2D eigenvalue weighted by molar-refractivity contribution is 6.30. The lowest BCUT2D eigenvalue weighted by Gasteiger charge is -2.10. The number of hydrogen-bond acceptors (Lipinski definition) is 1. The highest BCUT2D eigenvalue weighted by Crippen LogP contribution is 2.19. The van der Waals surface area contributed by atoms with Crippen LogP contribution < -0.4 is 10.6 Å². The maximum absolute atomic E-state index is 13.0. The van der Waals surface area contributed by atoms with Gasteiger partial charge in [0.05, 0.1) is 0 Å². The van der Waals surface area contributed by atoms with Gasteiger partial charge in [-0.05, 0) is 54.8 Å². The van der Waals surface area contributed by atoms with Crippen molar-refractivity contribution in [3.8, 4) is 0 Å². The van der Waals surface area contributed by atoms with E-state index in [1.807, 2.05) is 13.0 Å². The van der Waals surface area contributed by atoms with Crippen molar-refractivity contribution in [3.05, 3.63) is 64.4 Å². The fourth-order valence-corrected chi connectivity index (χ4v) is 2.17. The predicted molar refractivity (Wildman–Crippen MR) is 83.3 cm³/mol. The van der Waals surface area contributed by atoms with E-state index >= 15 is 0 Å². The normalized spacial score (nSPS) is 10.2. The molecular weight excluding hydrogens is 291 g/mol. The molecule has 0 saturated heterocycles. The first-order chi connectivity index (χ1) is 10.0. The zero-order valence-corrected chi connectivity index (χ0v) is 12.4. The molecule has 0 atom stereocenters. The van der Waals surface area contributed by atoms with Crippen molar-refractivity contribution in [1.82, 2.24) is 5.32 Å². The monoisotopic (exact) mass is 306 g/mol. The molecule has 0 radical (unpaired) electrons. The summed E-state index contributed by atoms with van der Waals surface area (Å²) in [5, 5.41) is 6.12. The van der Waals surface area contributed by atoms with Gasteiger partial charge in [-0.2, -0.15) is 0 Å². The predicted octanol–water partition coefficient (Wildman–Crippen LogP) is 4.15. The van der Waals surface area contributed by atoms with Crippen molar-refractivity contribution in [2.24, 2.45) is 0 Å². The second kappa shape index (κ2) is 7.09. The van der Waals surface area contributed by atoms with Gasteiger partial charge in [-0.1, -0.05) is 23.7 Å². The molecular formula is C16H16ClFN2O. The molecule has 0 aromatic heterocycles. The van der Waals surface area contributed by atoms with Gasteiger partial charge in [-0.15, -0.1) is 0 Å². The number of amides is 2. The zero-order valence-electron chi connectivity index (χ0n) is 11.6. The molecule has 3 nitrogen and oxygen atoms in total. The minimum absolute atomic E-state index is 0.270. The molecule has 0 saturated carbocycles. The van der Waals surface area contributed by atoms with Gasteiger partial charge in [0.1, 0.15) is 5.82 Å². The summed E-state index contributed by atoms with van der Waals surface area (Å²) in [7, 11) is 0. The third-order valence-corrected chi connectivity index (χ3v) is 3.26. The zero-order chi connectivity index (χ0) is 15.2. The number of benzene rings is 2. The highest BCUT2D eigenvalue weighted by atomic mass is 35.5. The smallest absolute Gasteiger partial charge is 0.319 e. The van der Waals surface area contributed by atoms with E-state index in [4.69, 9.17) is 11.6 Å². The number of aryl methyl sites for hydroxylation is 1. The summed E-state index contributed by atoms with van der Waals surface area (Å²) in [4.78, 5) is 11.8. The minimum Gasteiger partial charge on any atom is -0.338 e. The number of anilines is 1. The molecule has 2 aromatic carbocycles. The molecule has 110 valence electrons. The summed E-state index contributed by atoms with van der Waals surface area (Å²) in [6.07, 6.45) is 0.574. The van der Waals surface area contributed by atoms with Gasteiger partial charge in [-0.25, -0.2) is 9.18 Å².